The summed E-state index contributed by atoms with van der Waals surface area (Å²) in [6.45, 7) is 1.98. The van der Waals surface area contributed by atoms with Crippen molar-refractivity contribution < 1.29 is 0 Å². The number of aryl methyl sites for hydroxylation is 2. The van der Waals surface area contributed by atoms with E-state index < -0.39 is 0 Å². The van der Waals surface area contributed by atoms with E-state index in [0.717, 1.165) is 17.0 Å². The number of hydrogen-bond acceptors (Lipinski definition) is 2. The van der Waals surface area contributed by atoms with Crippen LogP contribution in [0.1, 0.15) is 5.69 Å². The number of hydrogen-bond donors (Lipinski definition) is 0. The highest BCUT2D eigenvalue weighted by Crippen LogP contribution is 2.18. The minimum Gasteiger partial charge on any atom is -0.275 e. The van der Waals surface area contributed by atoms with E-state index in [1.807, 2.05) is 32.3 Å². The van der Waals surface area contributed by atoms with Gasteiger partial charge >= 0.3 is 0 Å². The van der Waals surface area contributed by atoms with Gasteiger partial charge in [-0.1, -0.05) is 6.07 Å². The maximum absolute atomic E-state index is 4.25. The third-order valence-electron chi connectivity index (χ3n) is 1.90. The van der Waals surface area contributed by atoms with Crippen LogP contribution in [0.15, 0.2) is 24.4 Å². The Morgan fingerprint density at radius 1 is 1.46 bits per heavy atom. The van der Waals surface area contributed by atoms with Crippen molar-refractivity contribution in [2.24, 2.45) is 7.05 Å². The van der Waals surface area contributed by atoms with Gasteiger partial charge in [-0.25, -0.2) is 4.98 Å². The van der Waals surface area contributed by atoms with Gasteiger partial charge in [-0.05, 0) is 19.1 Å². The van der Waals surface area contributed by atoms with Crippen LogP contribution in [0, 0.1) is 13.1 Å². The van der Waals surface area contributed by atoms with Gasteiger partial charge in [-0.15, -0.1) is 0 Å². The summed E-state index contributed by atoms with van der Waals surface area (Å²) in [4.78, 5) is 4.14. The summed E-state index contributed by atoms with van der Waals surface area (Å²) in [5.74, 6) is 0. The Labute approximate surface area is 77.0 Å². The minimum absolute atomic E-state index is 0.924. The van der Waals surface area contributed by atoms with Crippen molar-refractivity contribution in [3.8, 4) is 11.3 Å². The Hall–Kier alpha value is -1.64. The highest BCUT2D eigenvalue weighted by molar-refractivity contribution is 5.60. The van der Waals surface area contributed by atoms with Crippen molar-refractivity contribution in [2.75, 3.05) is 0 Å². The van der Waals surface area contributed by atoms with Gasteiger partial charge in [0.2, 0.25) is 0 Å². The minimum atomic E-state index is 0.924. The van der Waals surface area contributed by atoms with Gasteiger partial charge < -0.3 is 0 Å². The predicted octanol–water partition coefficient (Wildman–Crippen LogP) is 1.59. The molecule has 2 rings (SSSR count). The van der Waals surface area contributed by atoms with Gasteiger partial charge in [0.25, 0.3) is 0 Å². The molecule has 2 aromatic rings. The second-order valence-electron chi connectivity index (χ2n) is 2.95. The van der Waals surface area contributed by atoms with Crippen LogP contribution in [0.5, 0.6) is 0 Å². The first-order valence-electron chi connectivity index (χ1n) is 4.11. The molecule has 0 aromatic carbocycles. The van der Waals surface area contributed by atoms with Crippen LogP contribution >= 0.6 is 0 Å². The Bertz CT molecular complexity index is 403. The molecule has 0 unspecified atom stereocenters. The van der Waals surface area contributed by atoms with Crippen LogP contribution in [0.3, 0.4) is 0 Å². The SMILES string of the molecule is Cc1nn(C)cc1-c1ccc[c]n1. The average molecular weight is 172 g/mol. The maximum Gasteiger partial charge on any atom is 0.0893 e. The molecule has 3 heteroatoms. The monoisotopic (exact) mass is 172 g/mol. The van der Waals surface area contributed by atoms with E-state index in [1.54, 1.807) is 10.7 Å². The van der Waals surface area contributed by atoms with E-state index in [1.165, 1.54) is 0 Å². The largest absolute Gasteiger partial charge is 0.275 e. The number of nitrogens with zero attached hydrogens (tertiary/aromatic N) is 3. The fourth-order valence-electron chi connectivity index (χ4n) is 1.33. The maximum atomic E-state index is 4.25. The molecule has 0 fully saturated rings. The van der Waals surface area contributed by atoms with Gasteiger partial charge in [0.1, 0.15) is 0 Å². The molecule has 0 spiro atoms. The van der Waals surface area contributed by atoms with Crippen molar-refractivity contribution in [1.29, 1.82) is 0 Å². The van der Waals surface area contributed by atoms with E-state index in [-0.39, 0.29) is 0 Å². The second-order valence-corrected chi connectivity index (χ2v) is 2.95. The number of aromatic nitrogens is 3. The molecule has 3 nitrogen and oxygen atoms in total. The first-order chi connectivity index (χ1) is 6.27. The van der Waals surface area contributed by atoms with Gasteiger partial charge in [0.05, 0.1) is 17.6 Å². The molecule has 0 aliphatic heterocycles. The fourth-order valence-corrected chi connectivity index (χ4v) is 1.33. The smallest absolute Gasteiger partial charge is 0.0893 e. The first kappa shape index (κ1) is 7.98. The Morgan fingerprint density at radius 3 is 2.85 bits per heavy atom. The second kappa shape index (κ2) is 3.01. The summed E-state index contributed by atoms with van der Waals surface area (Å²) >= 11 is 0. The molecule has 0 aliphatic rings. The van der Waals surface area contributed by atoms with Gasteiger partial charge in [0.15, 0.2) is 0 Å². The van der Waals surface area contributed by atoms with Crippen LogP contribution in [-0.4, -0.2) is 14.8 Å². The molecule has 65 valence electrons. The van der Waals surface area contributed by atoms with Crippen LogP contribution in [0.25, 0.3) is 11.3 Å². The molecule has 0 amide bonds. The lowest BCUT2D eigenvalue weighted by molar-refractivity contribution is 0.756. The standard InChI is InChI=1S/C10H10N3/c1-8-9(7-13(2)12-8)10-5-3-4-6-11-10/h3-5,7H,1-2H3. The van der Waals surface area contributed by atoms with E-state index in [2.05, 4.69) is 16.3 Å². The fraction of sp³-hybridized carbons (Fsp3) is 0.200. The van der Waals surface area contributed by atoms with Crippen LogP contribution in [-0.2, 0) is 7.05 Å². The van der Waals surface area contributed by atoms with Crippen molar-refractivity contribution in [3.05, 3.63) is 36.3 Å². The molecular formula is C10H10N3. The Morgan fingerprint density at radius 2 is 2.31 bits per heavy atom. The lowest BCUT2D eigenvalue weighted by atomic mass is 10.2. The Balaban J connectivity index is 2.53. The van der Waals surface area contributed by atoms with Gasteiger partial charge in [-0.3, -0.25) is 4.68 Å². The third kappa shape index (κ3) is 1.45. The number of pyridine rings is 1. The highest BCUT2D eigenvalue weighted by atomic mass is 15.2. The quantitative estimate of drug-likeness (QED) is 0.654. The molecule has 0 atom stereocenters. The lowest BCUT2D eigenvalue weighted by Gasteiger charge is -1.94. The average Bonchev–Trinajstić information content (AvgIpc) is 2.47. The summed E-state index contributed by atoms with van der Waals surface area (Å²) in [5.41, 5.74) is 2.99. The van der Waals surface area contributed by atoms with Crippen LogP contribution < -0.4 is 0 Å². The van der Waals surface area contributed by atoms with E-state index in [9.17, 15) is 0 Å². The van der Waals surface area contributed by atoms with E-state index in [0.29, 0.717) is 0 Å². The van der Waals surface area contributed by atoms with Gasteiger partial charge in [0, 0.05) is 18.8 Å². The van der Waals surface area contributed by atoms with Crippen molar-refractivity contribution in [3.63, 3.8) is 0 Å². The molecule has 2 heterocycles. The lowest BCUT2D eigenvalue weighted by Crippen LogP contribution is -1.86. The van der Waals surface area contributed by atoms with E-state index in [4.69, 9.17) is 0 Å². The third-order valence-corrected chi connectivity index (χ3v) is 1.90. The zero-order valence-electron chi connectivity index (χ0n) is 7.65. The molecule has 0 saturated heterocycles. The Kier molecular flexibility index (Phi) is 1.85. The zero-order chi connectivity index (χ0) is 9.26. The summed E-state index contributed by atoms with van der Waals surface area (Å²) in [6, 6.07) is 5.67. The van der Waals surface area contributed by atoms with E-state index >= 15 is 0 Å². The topological polar surface area (TPSA) is 30.7 Å². The molecule has 0 bridgehead atoms. The molecule has 0 N–H and O–H groups in total. The molecule has 1 radical (unpaired) electrons. The summed E-state index contributed by atoms with van der Waals surface area (Å²) in [7, 11) is 1.91. The highest BCUT2D eigenvalue weighted by Gasteiger charge is 2.05. The molecule has 13 heavy (non-hydrogen) atoms. The zero-order valence-corrected chi connectivity index (χ0v) is 7.65. The molecule has 0 aliphatic carbocycles. The summed E-state index contributed by atoms with van der Waals surface area (Å²) in [6.07, 6.45) is 4.77. The van der Waals surface area contributed by atoms with Crippen LogP contribution in [0.4, 0.5) is 0 Å². The predicted molar refractivity (Wildman–Crippen MR) is 50.0 cm³/mol. The molecule has 2 aromatic heterocycles. The molecular weight excluding hydrogens is 162 g/mol. The first-order valence-corrected chi connectivity index (χ1v) is 4.11. The molecule has 0 saturated carbocycles. The van der Waals surface area contributed by atoms with Crippen molar-refractivity contribution in [1.82, 2.24) is 14.8 Å². The normalized spacial score (nSPS) is 10.3. The van der Waals surface area contributed by atoms with Crippen molar-refractivity contribution in [2.45, 2.75) is 6.92 Å². The van der Waals surface area contributed by atoms with Crippen LogP contribution in [0.2, 0.25) is 0 Å². The summed E-state index contributed by atoms with van der Waals surface area (Å²) < 4.78 is 1.79. The van der Waals surface area contributed by atoms with Crippen molar-refractivity contribution >= 4 is 0 Å². The number of rotatable bonds is 1. The summed E-state index contributed by atoms with van der Waals surface area (Å²) in [5, 5.41) is 4.25. The van der Waals surface area contributed by atoms with Gasteiger partial charge in [-0.2, -0.15) is 5.10 Å².